The first-order chi connectivity index (χ1) is 13.5. The van der Waals surface area contributed by atoms with Crippen LogP contribution in [0.2, 0.25) is 5.02 Å². The highest BCUT2D eigenvalue weighted by molar-refractivity contribution is 7.91. The van der Waals surface area contributed by atoms with Gasteiger partial charge in [-0.3, -0.25) is 4.79 Å². The van der Waals surface area contributed by atoms with Gasteiger partial charge in [-0.25, -0.2) is 8.42 Å². The van der Waals surface area contributed by atoms with Crippen LogP contribution in [0.5, 0.6) is 0 Å². The second kappa shape index (κ2) is 7.99. The van der Waals surface area contributed by atoms with Crippen molar-refractivity contribution in [3.63, 3.8) is 0 Å². The van der Waals surface area contributed by atoms with Gasteiger partial charge in [0.1, 0.15) is 0 Å². The predicted octanol–water partition coefficient (Wildman–Crippen LogP) is 4.80. The molecule has 1 aliphatic rings. The smallest absolute Gasteiger partial charge is 0.224 e. The van der Waals surface area contributed by atoms with Gasteiger partial charge in [0.15, 0.2) is 9.84 Å². The Morgan fingerprint density at radius 2 is 1.89 bits per heavy atom. The summed E-state index contributed by atoms with van der Waals surface area (Å²) >= 11 is 9.17. The Morgan fingerprint density at radius 1 is 1.11 bits per heavy atom. The van der Waals surface area contributed by atoms with E-state index in [2.05, 4.69) is 11.4 Å². The largest absolute Gasteiger partial charge is 0.330 e. The van der Waals surface area contributed by atoms with Crippen molar-refractivity contribution in [2.45, 2.75) is 23.8 Å². The average Bonchev–Trinajstić information content (AvgIpc) is 3.37. The van der Waals surface area contributed by atoms with E-state index in [0.717, 1.165) is 16.9 Å². The average molecular weight is 452 g/mol. The number of carbonyl (C=O) groups excluding carboxylic acids is 1. The number of nitrogens with zero attached hydrogens (tertiary/aromatic N) is 1. The maximum atomic E-state index is 13.0. The van der Waals surface area contributed by atoms with Gasteiger partial charge >= 0.3 is 0 Å². The van der Waals surface area contributed by atoms with Crippen LogP contribution in [-0.2, 0) is 21.1 Å². The molecule has 0 fully saturated rings. The summed E-state index contributed by atoms with van der Waals surface area (Å²) < 4.78 is 25.2. The van der Waals surface area contributed by atoms with Gasteiger partial charge < -0.3 is 4.90 Å². The van der Waals surface area contributed by atoms with E-state index < -0.39 is 9.84 Å². The molecule has 4 nitrogen and oxygen atoms in total. The van der Waals surface area contributed by atoms with Gasteiger partial charge in [-0.2, -0.15) is 0 Å². The Balaban J connectivity index is 1.53. The minimum Gasteiger partial charge on any atom is -0.330 e. The van der Waals surface area contributed by atoms with Crippen LogP contribution in [0.1, 0.15) is 27.8 Å². The van der Waals surface area contributed by atoms with E-state index in [1.165, 1.54) is 17.0 Å². The van der Waals surface area contributed by atoms with Crippen LogP contribution in [-0.4, -0.2) is 31.5 Å². The number of carbonyl (C=O) groups is 1. The second-order valence-electron chi connectivity index (χ2n) is 6.58. The van der Waals surface area contributed by atoms with Gasteiger partial charge in [0.05, 0.1) is 16.7 Å². The first-order valence-electron chi connectivity index (χ1n) is 8.83. The summed E-state index contributed by atoms with van der Waals surface area (Å²) in [6, 6.07) is 12.0. The summed E-state index contributed by atoms with van der Waals surface area (Å²) in [6.45, 7) is 0.607. The fourth-order valence-electron chi connectivity index (χ4n) is 3.46. The van der Waals surface area contributed by atoms with Crippen LogP contribution in [0.4, 0.5) is 0 Å². The first-order valence-corrected chi connectivity index (χ1v) is 12.6. The minimum absolute atomic E-state index is 0.0354. The number of fused-ring (bicyclic) bond motifs is 1. The fourth-order valence-corrected chi connectivity index (χ4v) is 6.58. The van der Waals surface area contributed by atoms with Gasteiger partial charge in [-0.15, -0.1) is 22.7 Å². The molecule has 146 valence electrons. The monoisotopic (exact) mass is 451 g/mol. The van der Waals surface area contributed by atoms with Crippen LogP contribution in [0, 0.1) is 0 Å². The highest BCUT2D eigenvalue weighted by Gasteiger charge is 2.33. The summed E-state index contributed by atoms with van der Waals surface area (Å²) in [4.78, 5) is 17.4. The molecule has 0 radical (unpaired) electrons. The van der Waals surface area contributed by atoms with Gasteiger partial charge in [-0.1, -0.05) is 17.7 Å². The molecule has 4 rings (SSSR count). The van der Waals surface area contributed by atoms with Crippen molar-refractivity contribution < 1.29 is 13.2 Å². The SMILES string of the molecule is O=C(CCS(=O)(=O)c1ccc(Cl)cc1)N1CCc2sccc2C1c1cccs1. The summed E-state index contributed by atoms with van der Waals surface area (Å²) in [6.07, 6.45) is 0.775. The van der Waals surface area contributed by atoms with Crippen LogP contribution in [0.3, 0.4) is 0 Å². The Bertz CT molecular complexity index is 1070. The molecule has 0 saturated heterocycles. The zero-order valence-corrected chi connectivity index (χ0v) is 18.1. The molecular weight excluding hydrogens is 434 g/mol. The third-order valence-corrected chi connectivity index (χ3v) is 8.76. The summed E-state index contributed by atoms with van der Waals surface area (Å²) in [5.41, 5.74) is 1.16. The van der Waals surface area contributed by atoms with E-state index >= 15 is 0 Å². The van der Waals surface area contributed by atoms with E-state index in [-0.39, 0.29) is 29.0 Å². The van der Waals surface area contributed by atoms with Crippen LogP contribution < -0.4 is 0 Å². The predicted molar refractivity (Wildman–Crippen MR) is 114 cm³/mol. The third kappa shape index (κ3) is 3.89. The maximum Gasteiger partial charge on any atom is 0.224 e. The zero-order valence-electron chi connectivity index (χ0n) is 14.9. The van der Waals surface area contributed by atoms with E-state index in [4.69, 9.17) is 11.6 Å². The van der Waals surface area contributed by atoms with E-state index in [1.54, 1.807) is 34.8 Å². The lowest BCUT2D eigenvalue weighted by atomic mass is 9.98. The molecule has 0 aliphatic carbocycles. The molecule has 1 aromatic carbocycles. The Labute approximate surface area is 177 Å². The molecule has 0 spiro atoms. The number of hydrogen-bond acceptors (Lipinski definition) is 5. The molecule has 1 aliphatic heterocycles. The topological polar surface area (TPSA) is 54.5 Å². The molecule has 3 aromatic rings. The zero-order chi connectivity index (χ0) is 19.7. The number of halogens is 1. The van der Waals surface area contributed by atoms with Crippen molar-refractivity contribution in [3.8, 4) is 0 Å². The minimum atomic E-state index is -3.53. The molecule has 0 bridgehead atoms. The van der Waals surface area contributed by atoms with Crippen molar-refractivity contribution in [2.75, 3.05) is 12.3 Å². The molecule has 1 unspecified atom stereocenters. The summed E-state index contributed by atoms with van der Waals surface area (Å²) in [5, 5.41) is 4.54. The number of hydrogen-bond donors (Lipinski definition) is 0. The highest BCUT2D eigenvalue weighted by atomic mass is 35.5. The first kappa shape index (κ1) is 19.6. The maximum absolute atomic E-state index is 13.0. The quantitative estimate of drug-likeness (QED) is 0.559. The van der Waals surface area contributed by atoms with Crippen molar-refractivity contribution in [3.05, 3.63) is 73.6 Å². The molecule has 1 amide bonds. The van der Waals surface area contributed by atoms with Gasteiger partial charge in [0.2, 0.25) is 5.91 Å². The number of rotatable bonds is 5. The molecule has 0 N–H and O–H groups in total. The van der Waals surface area contributed by atoms with Crippen LogP contribution in [0.25, 0.3) is 0 Å². The summed E-state index contributed by atoms with van der Waals surface area (Å²) in [5.74, 6) is -0.342. The molecular formula is C20H18ClNO3S3. The molecule has 1 atom stereocenters. The lowest BCUT2D eigenvalue weighted by molar-refractivity contribution is -0.132. The summed E-state index contributed by atoms with van der Waals surface area (Å²) in [7, 11) is -3.53. The number of benzene rings is 1. The highest BCUT2D eigenvalue weighted by Crippen LogP contribution is 2.39. The Hall–Kier alpha value is -1.67. The lowest BCUT2D eigenvalue weighted by Gasteiger charge is -2.35. The molecule has 8 heteroatoms. The van der Waals surface area contributed by atoms with E-state index in [0.29, 0.717) is 11.6 Å². The van der Waals surface area contributed by atoms with Crippen LogP contribution in [0.15, 0.2) is 58.1 Å². The van der Waals surface area contributed by atoms with Crippen molar-refractivity contribution in [1.29, 1.82) is 0 Å². The number of sulfone groups is 1. The lowest BCUT2D eigenvalue weighted by Crippen LogP contribution is -2.40. The Kier molecular flexibility index (Phi) is 5.60. The van der Waals surface area contributed by atoms with E-state index in [1.807, 2.05) is 22.4 Å². The normalized spacial score (nSPS) is 16.8. The van der Waals surface area contributed by atoms with E-state index in [9.17, 15) is 13.2 Å². The fraction of sp³-hybridized carbons (Fsp3) is 0.250. The third-order valence-electron chi connectivity index (χ3n) is 4.86. The molecule has 2 aromatic heterocycles. The molecule has 28 heavy (non-hydrogen) atoms. The van der Waals surface area contributed by atoms with Gasteiger partial charge in [-0.05, 0) is 59.1 Å². The molecule has 0 saturated carbocycles. The number of amides is 1. The van der Waals surface area contributed by atoms with Gasteiger partial charge in [0.25, 0.3) is 0 Å². The molecule has 3 heterocycles. The van der Waals surface area contributed by atoms with Crippen molar-refractivity contribution in [1.82, 2.24) is 4.90 Å². The van der Waals surface area contributed by atoms with Crippen molar-refractivity contribution >= 4 is 50.0 Å². The second-order valence-corrected chi connectivity index (χ2v) is 11.1. The van der Waals surface area contributed by atoms with Crippen molar-refractivity contribution in [2.24, 2.45) is 0 Å². The standard InChI is InChI=1S/C20H18ClNO3S3/c21-14-3-5-15(6-4-14)28(24,25)13-9-19(23)22-10-7-17-16(8-12-27-17)20(22)18-2-1-11-26-18/h1-6,8,11-12,20H,7,9-10,13H2. The Morgan fingerprint density at radius 3 is 2.61 bits per heavy atom. The van der Waals surface area contributed by atoms with Crippen LogP contribution >= 0.6 is 34.3 Å². The number of thiophene rings is 2. The van der Waals surface area contributed by atoms with Gasteiger partial charge in [0, 0.05) is 27.7 Å².